The number of carbonyl (C=O) groups is 2. The maximum Gasteiger partial charge on any atom is 0.287 e. The molecule has 8 nitrogen and oxygen atoms in total. The third-order valence-electron chi connectivity index (χ3n) is 3.61. The molecule has 1 fully saturated rings. The lowest BCUT2D eigenvalue weighted by Gasteiger charge is -2.36. The van der Waals surface area contributed by atoms with Crippen LogP contribution in [0.2, 0.25) is 0 Å². The lowest BCUT2D eigenvalue weighted by molar-refractivity contribution is -0.138. The number of furan rings is 1. The average Bonchev–Trinajstić information content (AvgIpc) is 2.98. The van der Waals surface area contributed by atoms with Crippen molar-refractivity contribution < 1.29 is 28.6 Å². The molecule has 128 valence electrons. The van der Waals surface area contributed by atoms with Crippen molar-refractivity contribution in [3.63, 3.8) is 0 Å². The summed E-state index contributed by atoms with van der Waals surface area (Å²) in [6.45, 7) is 2.86. The van der Waals surface area contributed by atoms with E-state index in [0.717, 1.165) is 0 Å². The highest BCUT2D eigenvalue weighted by atomic mass is 16.6. The fraction of sp³-hybridized carbons (Fsp3) is 0.600. The quantitative estimate of drug-likeness (QED) is 0.764. The number of hydrogen-bond acceptors (Lipinski definition) is 6. The molecule has 0 aromatic carbocycles. The van der Waals surface area contributed by atoms with Crippen LogP contribution in [0.5, 0.6) is 5.95 Å². The third kappa shape index (κ3) is 4.46. The monoisotopic (exact) mass is 326 g/mol. The number of likely N-dealkylation sites (tertiary alicyclic amines) is 1. The highest BCUT2D eigenvalue weighted by Crippen LogP contribution is 2.17. The number of methoxy groups -OCH3 is 1. The van der Waals surface area contributed by atoms with Crippen molar-refractivity contribution in [1.29, 1.82) is 0 Å². The van der Waals surface area contributed by atoms with Gasteiger partial charge in [0, 0.05) is 26.3 Å². The summed E-state index contributed by atoms with van der Waals surface area (Å²) in [5, 5.41) is 12.9. The van der Waals surface area contributed by atoms with Crippen LogP contribution >= 0.6 is 0 Å². The molecule has 1 aromatic heterocycles. The van der Waals surface area contributed by atoms with Gasteiger partial charge in [-0.05, 0) is 19.4 Å². The molecule has 2 amide bonds. The van der Waals surface area contributed by atoms with Crippen molar-refractivity contribution in [2.45, 2.75) is 25.5 Å². The zero-order valence-electron chi connectivity index (χ0n) is 13.3. The van der Waals surface area contributed by atoms with E-state index in [1.54, 1.807) is 6.07 Å². The number of piperidine rings is 1. The second kappa shape index (κ2) is 7.98. The van der Waals surface area contributed by atoms with E-state index in [0.29, 0.717) is 19.6 Å². The van der Waals surface area contributed by atoms with E-state index in [2.05, 4.69) is 5.32 Å². The summed E-state index contributed by atoms with van der Waals surface area (Å²) in [6.07, 6.45) is -0.378. The Morgan fingerprint density at radius 3 is 2.91 bits per heavy atom. The molecule has 1 aliphatic rings. The standard InChI is InChI=1S/C15H22N2O6/c1-3-22-14-5-4-12(23-14)15(20)16-10-6-7-17(8-11(10)18)13(19)9-21-2/h4-5,10-11,18H,3,6-9H2,1-2H3,(H,16,20)/t10-,11-/m1/s1. The number of β-amino-alcohol motifs (C(OH)–C–C–N with tert-alkyl or cyclic N) is 1. The Kier molecular flexibility index (Phi) is 6.00. The molecule has 0 spiro atoms. The number of hydrogen-bond donors (Lipinski definition) is 2. The van der Waals surface area contributed by atoms with Gasteiger partial charge in [0.05, 0.1) is 18.8 Å². The van der Waals surface area contributed by atoms with Crippen LogP contribution < -0.4 is 10.1 Å². The van der Waals surface area contributed by atoms with Crippen LogP contribution in [0.3, 0.4) is 0 Å². The van der Waals surface area contributed by atoms with E-state index < -0.39 is 18.1 Å². The van der Waals surface area contributed by atoms with Crippen molar-refractivity contribution in [3.05, 3.63) is 17.9 Å². The zero-order chi connectivity index (χ0) is 16.8. The minimum atomic E-state index is -0.838. The van der Waals surface area contributed by atoms with Gasteiger partial charge >= 0.3 is 0 Å². The van der Waals surface area contributed by atoms with Gasteiger partial charge in [-0.1, -0.05) is 0 Å². The van der Waals surface area contributed by atoms with Crippen molar-refractivity contribution in [2.24, 2.45) is 0 Å². The first-order valence-corrected chi connectivity index (χ1v) is 7.53. The first kappa shape index (κ1) is 17.3. The molecule has 1 saturated heterocycles. The maximum atomic E-state index is 12.1. The molecule has 0 bridgehead atoms. The molecular formula is C15H22N2O6. The Bertz CT molecular complexity index is 544. The van der Waals surface area contributed by atoms with Crippen LogP contribution in [0.25, 0.3) is 0 Å². The van der Waals surface area contributed by atoms with Gasteiger partial charge in [0.2, 0.25) is 5.91 Å². The minimum absolute atomic E-state index is 0.0175. The fourth-order valence-electron chi connectivity index (χ4n) is 2.44. The highest BCUT2D eigenvalue weighted by Gasteiger charge is 2.31. The molecule has 1 aliphatic heterocycles. The van der Waals surface area contributed by atoms with Crippen molar-refractivity contribution >= 4 is 11.8 Å². The number of nitrogens with one attached hydrogen (secondary N) is 1. The summed E-state index contributed by atoms with van der Waals surface area (Å²) >= 11 is 0. The number of aliphatic hydroxyl groups is 1. The van der Waals surface area contributed by atoms with E-state index in [4.69, 9.17) is 13.9 Å². The fourth-order valence-corrected chi connectivity index (χ4v) is 2.44. The topological polar surface area (TPSA) is 101 Å². The van der Waals surface area contributed by atoms with E-state index in [9.17, 15) is 14.7 Å². The van der Waals surface area contributed by atoms with E-state index in [1.165, 1.54) is 18.1 Å². The van der Waals surface area contributed by atoms with Crippen LogP contribution in [0.4, 0.5) is 0 Å². The molecule has 2 N–H and O–H groups in total. The minimum Gasteiger partial charge on any atom is -0.465 e. The lowest BCUT2D eigenvalue weighted by atomic mass is 10.0. The summed E-state index contributed by atoms with van der Waals surface area (Å²) in [5.41, 5.74) is 0. The Labute approximate surface area is 134 Å². The maximum absolute atomic E-state index is 12.1. The summed E-state index contributed by atoms with van der Waals surface area (Å²) in [4.78, 5) is 25.4. The molecule has 2 heterocycles. The van der Waals surface area contributed by atoms with Crippen LogP contribution in [0.1, 0.15) is 23.9 Å². The Morgan fingerprint density at radius 2 is 2.26 bits per heavy atom. The van der Waals surface area contributed by atoms with Crippen molar-refractivity contribution in [1.82, 2.24) is 10.2 Å². The lowest BCUT2D eigenvalue weighted by Crippen LogP contribution is -2.55. The molecule has 8 heteroatoms. The van der Waals surface area contributed by atoms with Gasteiger partial charge in [-0.15, -0.1) is 0 Å². The highest BCUT2D eigenvalue weighted by molar-refractivity contribution is 5.91. The van der Waals surface area contributed by atoms with E-state index in [-0.39, 0.29) is 30.8 Å². The first-order valence-electron chi connectivity index (χ1n) is 7.53. The van der Waals surface area contributed by atoms with Gasteiger partial charge in [-0.2, -0.15) is 0 Å². The average molecular weight is 326 g/mol. The predicted octanol–water partition coefficient (Wildman–Crippen LogP) is 0.0163. The molecular weight excluding hydrogens is 304 g/mol. The summed E-state index contributed by atoms with van der Waals surface area (Å²) in [6, 6.07) is 2.65. The molecule has 23 heavy (non-hydrogen) atoms. The number of amides is 2. The number of rotatable bonds is 6. The number of nitrogens with zero attached hydrogens (tertiary/aromatic N) is 1. The molecule has 0 radical (unpaired) electrons. The van der Waals surface area contributed by atoms with Crippen molar-refractivity contribution in [3.8, 4) is 5.95 Å². The van der Waals surface area contributed by atoms with Gasteiger partial charge in [0.25, 0.3) is 11.9 Å². The molecule has 0 unspecified atom stereocenters. The van der Waals surface area contributed by atoms with Gasteiger partial charge in [0.1, 0.15) is 6.61 Å². The van der Waals surface area contributed by atoms with Gasteiger partial charge < -0.3 is 29.2 Å². The van der Waals surface area contributed by atoms with Gasteiger partial charge in [-0.25, -0.2) is 0 Å². The largest absolute Gasteiger partial charge is 0.465 e. The van der Waals surface area contributed by atoms with E-state index in [1.807, 2.05) is 6.92 Å². The zero-order valence-corrected chi connectivity index (χ0v) is 13.3. The van der Waals surface area contributed by atoms with Crippen LogP contribution in [-0.4, -0.2) is 67.4 Å². The molecule has 2 rings (SSSR count). The summed E-state index contributed by atoms with van der Waals surface area (Å²) < 4.78 is 15.2. The van der Waals surface area contributed by atoms with Gasteiger partial charge in [-0.3, -0.25) is 9.59 Å². The van der Waals surface area contributed by atoms with Gasteiger partial charge in [0.15, 0.2) is 5.76 Å². The second-order valence-electron chi connectivity index (χ2n) is 5.26. The molecule has 1 aromatic rings. The predicted molar refractivity (Wildman–Crippen MR) is 80.2 cm³/mol. The Morgan fingerprint density at radius 1 is 1.48 bits per heavy atom. The molecule has 0 aliphatic carbocycles. The number of ether oxygens (including phenoxy) is 2. The summed E-state index contributed by atoms with van der Waals surface area (Å²) in [5.74, 6) is -0.197. The van der Waals surface area contributed by atoms with Crippen molar-refractivity contribution in [2.75, 3.05) is 33.4 Å². The first-order chi connectivity index (χ1) is 11.0. The Hall–Kier alpha value is -2.06. The third-order valence-corrected chi connectivity index (χ3v) is 3.61. The molecule has 0 saturated carbocycles. The van der Waals surface area contributed by atoms with E-state index >= 15 is 0 Å². The van der Waals surface area contributed by atoms with Crippen LogP contribution in [-0.2, 0) is 9.53 Å². The molecule has 2 atom stereocenters. The van der Waals surface area contributed by atoms with Crippen LogP contribution in [0, 0.1) is 0 Å². The normalized spacial score (nSPS) is 21.1. The number of carbonyl (C=O) groups excluding carboxylic acids is 2. The smallest absolute Gasteiger partial charge is 0.287 e. The van der Waals surface area contributed by atoms with Crippen LogP contribution in [0.15, 0.2) is 16.5 Å². The SMILES string of the molecule is CCOc1ccc(C(=O)N[C@@H]2CCN(C(=O)COC)C[C@H]2O)o1. The second-order valence-corrected chi connectivity index (χ2v) is 5.26. The number of aliphatic hydroxyl groups excluding tert-OH is 1. The summed E-state index contributed by atoms with van der Waals surface area (Å²) in [7, 11) is 1.45. The Balaban J connectivity index is 1.88.